The van der Waals surface area contributed by atoms with Crippen LogP contribution in [0.1, 0.15) is 25.0 Å². The van der Waals surface area contributed by atoms with Gasteiger partial charge in [-0.05, 0) is 38.3 Å². The Morgan fingerprint density at radius 1 is 1.10 bits per heavy atom. The van der Waals surface area contributed by atoms with Crippen LogP contribution in [0.3, 0.4) is 0 Å². The molecule has 1 saturated heterocycles. The topological polar surface area (TPSA) is 80.8 Å². The molecule has 3 rings (SSSR count). The lowest BCUT2D eigenvalue weighted by Crippen LogP contribution is -2.31. The first-order chi connectivity index (χ1) is 9.72. The van der Waals surface area contributed by atoms with Crippen molar-refractivity contribution < 1.29 is 0 Å². The normalized spacial score (nSPS) is 15.3. The maximum Gasteiger partial charge on any atom is 0.230 e. The maximum absolute atomic E-state index is 5.84. The third kappa shape index (κ3) is 2.68. The Labute approximate surface area is 118 Å². The van der Waals surface area contributed by atoms with Gasteiger partial charge in [-0.15, -0.1) is 0 Å². The summed E-state index contributed by atoms with van der Waals surface area (Å²) in [6.07, 6.45) is 5.38. The minimum absolute atomic E-state index is 0.269. The Bertz CT molecular complexity index is 606. The molecule has 6 nitrogen and oxygen atoms in total. The van der Waals surface area contributed by atoms with E-state index < -0.39 is 0 Å². The van der Waals surface area contributed by atoms with Gasteiger partial charge in [-0.3, -0.25) is 4.98 Å². The number of hydrogen-bond donors (Lipinski definition) is 1. The summed E-state index contributed by atoms with van der Waals surface area (Å²) in [6.45, 7) is 3.91. The van der Waals surface area contributed by atoms with Crippen LogP contribution < -0.4 is 10.6 Å². The lowest BCUT2D eigenvalue weighted by atomic mass is 10.1. The van der Waals surface area contributed by atoms with E-state index >= 15 is 0 Å². The Kier molecular flexibility index (Phi) is 3.45. The zero-order valence-corrected chi connectivity index (χ0v) is 11.6. The molecule has 1 fully saturated rings. The van der Waals surface area contributed by atoms with Crippen LogP contribution in [0.5, 0.6) is 0 Å². The van der Waals surface area contributed by atoms with Crippen LogP contribution in [0.4, 0.5) is 11.9 Å². The SMILES string of the molecule is Cc1cc(-c2nc(N)nc(N3CCCCC3)n2)ccn1. The summed E-state index contributed by atoms with van der Waals surface area (Å²) in [6, 6.07) is 3.84. The van der Waals surface area contributed by atoms with Crippen molar-refractivity contribution in [2.45, 2.75) is 26.2 Å². The van der Waals surface area contributed by atoms with E-state index in [9.17, 15) is 0 Å². The van der Waals surface area contributed by atoms with Gasteiger partial charge in [0.2, 0.25) is 11.9 Å². The lowest BCUT2D eigenvalue weighted by molar-refractivity contribution is 0.568. The second-order valence-corrected chi connectivity index (χ2v) is 5.05. The molecule has 104 valence electrons. The highest BCUT2D eigenvalue weighted by molar-refractivity contribution is 5.57. The summed E-state index contributed by atoms with van der Waals surface area (Å²) in [5, 5.41) is 0. The van der Waals surface area contributed by atoms with Gasteiger partial charge in [0.1, 0.15) is 0 Å². The molecule has 0 radical (unpaired) electrons. The lowest BCUT2D eigenvalue weighted by Gasteiger charge is -2.26. The average Bonchev–Trinajstić information content (AvgIpc) is 2.47. The molecule has 0 saturated carbocycles. The van der Waals surface area contributed by atoms with Crippen LogP contribution in [-0.2, 0) is 0 Å². The molecular weight excluding hydrogens is 252 g/mol. The fourth-order valence-electron chi connectivity index (χ4n) is 2.43. The van der Waals surface area contributed by atoms with Crippen molar-refractivity contribution in [3.8, 4) is 11.4 Å². The van der Waals surface area contributed by atoms with E-state index in [-0.39, 0.29) is 5.95 Å². The number of aryl methyl sites for hydroxylation is 1. The summed E-state index contributed by atoms with van der Waals surface area (Å²) in [7, 11) is 0. The molecule has 1 aliphatic heterocycles. The van der Waals surface area contributed by atoms with Gasteiger partial charge in [-0.25, -0.2) is 0 Å². The second-order valence-electron chi connectivity index (χ2n) is 5.05. The number of rotatable bonds is 2. The number of piperidine rings is 1. The molecule has 6 heteroatoms. The highest BCUT2D eigenvalue weighted by Crippen LogP contribution is 2.21. The van der Waals surface area contributed by atoms with Crippen molar-refractivity contribution in [2.75, 3.05) is 23.7 Å². The van der Waals surface area contributed by atoms with Crippen LogP contribution in [0.15, 0.2) is 18.3 Å². The van der Waals surface area contributed by atoms with Gasteiger partial charge >= 0.3 is 0 Å². The van der Waals surface area contributed by atoms with E-state index in [2.05, 4.69) is 24.8 Å². The highest BCUT2D eigenvalue weighted by Gasteiger charge is 2.16. The molecule has 0 unspecified atom stereocenters. The molecule has 20 heavy (non-hydrogen) atoms. The van der Waals surface area contributed by atoms with Crippen LogP contribution in [0.2, 0.25) is 0 Å². The number of nitrogen functional groups attached to an aromatic ring is 1. The molecular formula is C14H18N6. The zero-order valence-electron chi connectivity index (χ0n) is 11.6. The smallest absolute Gasteiger partial charge is 0.230 e. The number of anilines is 2. The number of nitrogens with zero attached hydrogens (tertiary/aromatic N) is 5. The Morgan fingerprint density at radius 3 is 2.65 bits per heavy atom. The van der Waals surface area contributed by atoms with E-state index in [0.717, 1.165) is 24.3 Å². The average molecular weight is 270 g/mol. The monoisotopic (exact) mass is 270 g/mol. The van der Waals surface area contributed by atoms with Crippen molar-refractivity contribution in [2.24, 2.45) is 0 Å². The Morgan fingerprint density at radius 2 is 1.90 bits per heavy atom. The Hall–Kier alpha value is -2.24. The van der Waals surface area contributed by atoms with E-state index in [1.54, 1.807) is 6.20 Å². The molecule has 2 aromatic rings. The standard InChI is InChI=1S/C14H18N6/c1-10-9-11(5-6-16-10)12-17-13(15)19-14(18-12)20-7-3-2-4-8-20/h5-6,9H,2-4,7-8H2,1H3,(H2,15,17,18,19). The maximum atomic E-state index is 5.84. The molecule has 3 heterocycles. The fraction of sp³-hybridized carbons (Fsp3) is 0.429. The quantitative estimate of drug-likeness (QED) is 0.896. The number of pyridine rings is 1. The molecule has 0 amide bonds. The fourth-order valence-corrected chi connectivity index (χ4v) is 2.43. The minimum Gasteiger partial charge on any atom is -0.368 e. The highest BCUT2D eigenvalue weighted by atomic mass is 15.3. The van der Waals surface area contributed by atoms with Gasteiger partial charge in [-0.2, -0.15) is 15.0 Å². The number of aromatic nitrogens is 4. The first-order valence-corrected chi connectivity index (χ1v) is 6.92. The van der Waals surface area contributed by atoms with Crippen molar-refractivity contribution in [3.63, 3.8) is 0 Å². The van der Waals surface area contributed by atoms with E-state index in [0.29, 0.717) is 11.8 Å². The predicted molar refractivity (Wildman–Crippen MR) is 78.3 cm³/mol. The third-order valence-corrected chi connectivity index (χ3v) is 3.43. The molecule has 2 aromatic heterocycles. The first-order valence-electron chi connectivity index (χ1n) is 6.92. The van der Waals surface area contributed by atoms with Crippen LogP contribution in [0.25, 0.3) is 11.4 Å². The summed E-state index contributed by atoms with van der Waals surface area (Å²) in [4.78, 5) is 19.4. The van der Waals surface area contributed by atoms with Gasteiger partial charge in [0.05, 0.1) is 0 Å². The Balaban J connectivity index is 1.97. The van der Waals surface area contributed by atoms with E-state index in [1.165, 1.54) is 19.3 Å². The molecule has 0 aliphatic carbocycles. The third-order valence-electron chi connectivity index (χ3n) is 3.43. The second kappa shape index (κ2) is 5.40. The van der Waals surface area contributed by atoms with Crippen molar-refractivity contribution in [1.82, 2.24) is 19.9 Å². The van der Waals surface area contributed by atoms with Gasteiger partial charge < -0.3 is 10.6 Å². The van der Waals surface area contributed by atoms with Gasteiger partial charge in [0.25, 0.3) is 0 Å². The van der Waals surface area contributed by atoms with Crippen LogP contribution >= 0.6 is 0 Å². The first kappa shape index (κ1) is 12.8. The molecule has 2 N–H and O–H groups in total. The molecule has 0 aromatic carbocycles. The summed E-state index contributed by atoms with van der Waals surface area (Å²) in [5.74, 6) is 1.57. The predicted octanol–water partition coefficient (Wildman–Crippen LogP) is 1.81. The zero-order chi connectivity index (χ0) is 13.9. The van der Waals surface area contributed by atoms with Crippen molar-refractivity contribution >= 4 is 11.9 Å². The number of nitrogens with two attached hydrogens (primary N) is 1. The minimum atomic E-state index is 0.269. The van der Waals surface area contributed by atoms with Gasteiger partial charge in [-0.1, -0.05) is 0 Å². The van der Waals surface area contributed by atoms with E-state index in [4.69, 9.17) is 5.73 Å². The molecule has 0 spiro atoms. The van der Waals surface area contributed by atoms with Gasteiger partial charge in [0, 0.05) is 30.5 Å². The largest absolute Gasteiger partial charge is 0.368 e. The molecule has 0 atom stereocenters. The summed E-state index contributed by atoms with van der Waals surface area (Å²) in [5.41, 5.74) is 7.69. The summed E-state index contributed by atoms with van der Waals surface area (Å²) < 4.78 is 0. The number of hydrogen-bond acceptors (Lipinski definition) is 6. The molecule has 1 aliphatic rings. The van der Waals surface area contributed by atoms with Crippen LogP contribution in [-0.4, -0.2) is 33.0 Å². The van der Waals surface area contributed by atoms with Gasteiger partial charge in [0.15, 0.2) is 5.82 Å². The molecule has 0 bridgehead atoms. The van der Waals surface area contributed by atoms with Crippen molar-refractivity contribution in [1.29, 1.82) is 0 Å². The van der Waals surface area contributed by atoms with Crippen molar-refractivity contribution in [3.05, 3.63) is 24.0 Å². The summed E-state index contributed by atoms with van der Waals surface area (Å²) >= 11 is 0. The van der Waals surface area contributed by atoms with Crippen LogP contribution in [0, 0.1) is 6.92 Å². The van der Waals surface area contributed by atoms with E-state index in [1.807, 2.05) is 19.1 Å².